The first-order chi connectivity index (χ1) is 7.59. The highest BCUT2D eigenvalue weighted by Gasteiger charge is 2.22. The molecule has 84 valence electrons. The number of rotatable bonds is 3. The van der Waals surface area contributed by atoms with Crippen LogP contribution in [0, 0.1) is 0 Å². The lowest BCUT2D eigenvalue weighted by Gasteiger charge is -2.05. The lowest BCUT2D eigenvalue weighted by molar-refractivity contribution is 0.0687. The number of carboxylic acid groups (broad SMARTS) is 1. The van der Waals surface area contributed by atoms with E-state index >= 15 is 0 Å². The molecule has 1 unspecified atom stereocenters. The fourth-order valence-electron chi connectivity index (χ4n) is 1.44. The van der Waals surface area contributed by atoms with E-state index in [1.54, 1.807) is 13.2 Å². The van der Waals surface area contributed by atoms with Crippen molar-refractivity contribution in [2.45, 2.75) is 6.10 Å². The minimum absolute atomic E-state index is 0.0144. The van der Waals surface area contributed by atoms with Crippen LogP contribution in [-0.4, -0.2) is 26.0 Å². The molecule has 2 rings (SSSR count). The second-order valence-electron chi connectivity index (χ2n) is 3.35. The van der Waals surface area contributed by atoms with Gasteiger partial charge in [0.05, 0.1) is 12.5 Å². The average molecular weight is 222 g/mol. The summed E-state index contributed by atoms with van der Waals surface area (Å²) in [6.45, 7) is 0. The van der Waals surface area contributed by atoms with Crippen molar-refractivity contribution in [1.82, 2.24) is 9.78 Å². The Morgan fingerprint density at radius 1 is 1.62 bits per heavy atom. The third-order valence-corrected chi connectivity index (χ3v) is 2.21. The second kappa shape index (κ2) is 3.82. The number of aliphatic hydroxyl groups excluding tert-OH is 1. The number of aryl methyl sites for hydroxylation is 1. The molecule has 0 radical (unpaired) electrons. The van der Waals surface area contributed by atoms with E-state index in [1.165, 1.54) is 23.2 Å². The third kappa shape index (κ3) is 1.70. The van der Waals surface area contributed by atoms with Crippen molar-refractivity contribution in [2.75, 3.05) is 0 Å². The number of carbonyl (C=O) groups is 1. The predicted octanol–water partition coefficient (Wildman–Crippen LogP) is 0.793. The highest BCUT2D eigenvalue weighted by Crippen LogP contribution is 2.25. The fraction of sp³-hybridized carbons (Fsp3) is 0.200. The van der Waals surface area contributed by atoms with Crippen molar-refractivity contribution in [1.29, 1.82) is 0 Å². The van der Waals surface area contributed by atoms with E-state index in [-0.39, 0.29) is 11.3 Å². The molecule has 2 aromatic heterocycles. The molecule has 0 spiro atoms. The number of hydrogen-bond donors (Lipinski definition) is 2. The summed E-state index contributed by atoms with van der Waals surface area (Å²) >= 11 is 0. The number of furan rings is 1. The lowest BCUT2D eigenvalue weighted by atomic mass is 10.1. The highest BCUT2D eigenvalue weighted by molar-refractivity contribution is 5.88. The summed E-state index contributed by atoms with van der Waals surface area (Å²) in [5.74, 6) is -1.12. The molecule has 16 heavy (non-hydrogen) atoms. The van der Waals surface area contributed by atoms with Crippen LogP contribution in [0.1, 0.15) is 27.8 Å². The molecule has 0 bridgehead atoms. The van der Waals surface area contributed by atoms with Gasteiger partial charge >= 0.3 is 5.97 Å². The van der Waals surface area contributed by atoms with Crippen LogP contribution in [0.15, 0.2) is 29.1 Å². The van der Waals surface area contributed by atoms with E-state index in [9.17, 15) is 9.90 Å². The van der Waals surface area contributed by atoms with Gasteiger partial charge in [-0.05, 0) is 6.07 Å². The molecular formula is C10H10N2O4. The van der Waals surface area contributed by atoms with Crippen LogP contribution < -0.4 is 0 Å². The third-order valence-electron chi connectivity index (χ3n) is 2.21. The van der Waals surface area contributed by atoms with E-state index in [2.05, 4.69) is 5.10 Å². The molecule has 0 amide bonds. The second-order valence-corrected chi connectivity index (χ2v) is 3.35. The minimum Gasteiger partial charge on any atom is -0.478 e. The molecule has 0 aliphatic rings. The summed E-state index contributed by atoms with van der Waals surface area (Å²) in [4.78, 5) is 10.8. The number of carboxylic acids is 1. The van der Waals surface area contributed by atoms with Crippen LogP contribution in [0.2, 0.25) is 0 Å². The quantitative estimate of drug-likeness (QED) is 0.801. The van der Waals surface area contributed by atoms with Gasteiger partial charge in [-0.1, -0.05) is 0 Å². The van der Waals surface area contributed by atoms with Gasteiger partial charge < -0.3 is 14.6 Å². The van der Waals surface area contributed by atoms with Crippen LogP contribution in [0.4, 0.5) is 0 Å². The molecule has 0 aliphatic heterocycles. The molecule has 0 saturated carbocycles. The molecular weight excluding hydrogens is 212 g/mol. The Kier molecular flexibility index (Phi) is 2.49. The summed E-state index contributed by atoms with van der Waals surface area (Å²) in [6.07, 6.45) is 3.17. The molecule has 0 aromatic carbocycles. The maximum atomic E-state index is 10.8. The molecule has 0 fully saturated rings. The van der Waals surface area contributed by atoms with Crippen molar-refractivity contribution < 1.29 is 19.4 Å². The van der Waals surface area contributed by atoms with Crippen LogP contribution in [0.25, 0.3) is 0 Å². The maximum absolute atomic E-state index is 10.8. The van der Waals surface area contributed by atoms with Gasteiger partial charge in [0, 0.05) is 18.8 Å². The smallest absolute Gasteiger partial charge is 0.339 e. The van der Waals surface area contributed by atoms with Crippen molar-refractivity contribution in [3.05, 3.63) is 41.6 Å². The van der Waals surface area contributed by atoms with E-state index in [0.717, 1.165) is 0 Å². The van der Waals surface area contributed by atoms with Gasteiger partial charge in [-0.3, -0.25) is 4.68 Å². The molecule has 1 atom stereocenters. The predicted molar refractivity (Wildman–Crippen MR) is 52.9 cm³/mol. The summed E-state index contributed by atoms with van der Waals surface area (Å²) in [6, 6.07) is 1.30. The zero-order valence-electron chi connectivity index (χ0n) is 8.49. The SMILES string of the molecule is Cn1cc(C(O)c2occc2C(=O)O)cn1. The topological polar surface area (TPSA) is 88.5 Å². The number of aromatic carboxylic acids is 1. The molecule has 6 nitrogen and oxygen atoms in total. The minimum atomic E-state index is -1.13. The highest BCUT2D eigenvalue weighted by atomic mass is 16.4. The molecule has 0 saturated heterocycles. The standard InChI is InChI=1S/C10H10N2O4/c1-12-5-6(4-11-12)8(13)9-7(10(14)15)2-3-16-9/h2-5,8,13H,1H3,(H,14,15). The van der Waals surface area contributed by atoms with E-state index in [0.29, 0.717) is 5.56 Å². The van der Waals surface area contributed by atoms with Crippen LogP contribution >= 0.6 is 0 Å². The van der Waals surface area contributed by atoms with Crippen LogP contribution in [0.3, 0.4) is 0 Å². The van der Waals surface area contributed by atoms with E-state index < -0.39 is 12.1 Å². The van der Waals surface area contributed by atoms with Gasteiger partial charge in [-0.2, -0.15) is 5.10 Å². The molecule has 2 heterocycles. The lowest BCUT2D eigenvalue weighted by Crippen LogP contribution is -2.04. The first-order valence-electron chi connectivity index (χ1n) is 4.57. The Hall–Kier alpha value is -2.08. The zero-order chi connectivity index (χ0) is 11.7. The van der Waals surface area contributed by atoms with Gasteiger partial charge in [0.15, 0.2) is 5.76 Å². The number of aromatic nitrogens is 2. The van der Waals surface area contributed by atoms with E-state index in [1.807, 2.05) is 0 Å². The molecule has 2 N–H and O–H groups in total. The summed E-state index contributed by atoms with van der Waals surface area (Å²) in [5, 5.41) is 22.7. The van der Waals surface area contributed by atoms with Crippen LogP contribution in [-0.2, 0) is 7.05 Å². The normalized spacial score (nSPS) is 12.6. The first-order valence-corrected chi connectivity index (χ1v) is 4.57. The summed E-state index contributed by atoms with van der Waals surface area (Å²) in [7, 11) is 1.70. The zero-order valence-corrected chi connectivity index (χ0v) is 8.49. The van der Waals surface area contributed by atoms with Gasteiger partial charge in [-0.25, -0.2) is 4.79 Å². The molecule has 6 heteroatoms. The van der Waals surface area contributed by atoms with Crippen molar-refractivity contribution in [2.24, 2.45) is 7.05 Å². The monoisotopic (exact) mass is 222 g/mol. The summed E-state index contributed by atoms with van der Waals surface area (Å²) < 4.78 is 6.50. The largest absolute Gasteiger partial charge is 0.478 e. The Bertz CT molecular complexity index is 514. The van der Waals surface area contributed by atoms with Gasteiger partial charge in [0.25, 0.3) is 0 Å². The van der Waals surface area contributed by atoms with Gasteiger partial charge in [-0.15, -0.1) is 0 Å². The Balaban J connectivity index is 2.37. The Morgan fingerprint density at radius 3 is 2.94 bits per heavy atom. The first kappa shape index (κ1) is 10.4. The van der Waals surface area contributed by atoms with Crippen LogP contribution in [0.5, 0.6) is 0 Å². The Labute approximate surface area is 90.7 Å². The Morgan fingerprint density at radius 2 is 2.38 bits per heavy atom. The number of hydrogen-bond acceptors (Lipinski definition) is 4. The molecule has 0 aliphatic carbocycles. The van der Waals surface area contributed by atoms with Crippen molar-refractivity contribution in [3.63, 3.8) is 0 Å². The van der Waals surface area contributed by atoms with Crippen molar-refractivity contribution >= 4 is 5.97 Å². The van der Waals surface area contributed by atoms with E-state index in [4.69, 9.17) is 9.52 Å². The van der Waals surface area contributed by atoms with Crippen molar-refractivity contribution in [3.8, 4) is 0 Å². The number of nitrogens with zero attached hydrogens (tertiary/aromatic N) is 2. The van der Waals surface area contributed by atoms with Gasteiger partial charge in [0.2, 0.25) is 0 Å². The number of aliphatic hydroxyl groups is 1. The maximum Gasteiger partial charge on any atom is 0.339 e. The average Bonchev–Trinajstić information content (AvgIpc) is 2.84. The fourth-order valence-corrected chi connectivity index (χ4v) is 1.44. The van der Waals surface area contributed by atoms with Gasteiger partial charge in [0.1, 0.15) is 11.7 Å². The molecule has 2 aromatic rings. The summed E-state index contributed by atoms with van der Waals surface area (Å²) in [5.41, 5.74) is 0.441.